The third kappa shape index (κ3) is 4.94. The molecule has 2 aliphatic heterocycles. The summed E-state index contributed by atoms with van der Waals surface area (Å²) < 4.78 is 26.8. The number of anilines is 1. The van der Waals surface area contributed by atoms with Crippen molar-refractivity contribution in [2.24, 2.45) is 0 Å². The van der Waals surface area contributed by atoms with Crippen LogP contribution in [-0.4, -0.2) is 45.2 Å². The molecule has 0 aliphatic carbocycles. The lowest BCUT2D eigenvalue weighted by molar-refractivity contribution is -0.115. The van der Waals surface area contributed by atoms with Crippen molar-refractivity contribution < 1.29 is 23.5 Å². The van der Waals surface area contributed by atoms with Crippen LogP contribution in [0.2, 0.25) is 0 Å². The molecule has 2 aliphatic rings. The number of carbonyl (C=O) groups is 2. The number of rotatable bonds is 6. The fraction of sp³-hybridized carbons (Fsp3) is 0.333. The van der Waals surface area contributed by atoms with Crippen LogP contribution in [0.15, 0.2) is 36.5 Å². The molecule has 2 amide bonds. The third-order valence-electron chi connectivity index (χ3n) is 6.42. The molecule has 4 heterocycles. The Kier molecular flexibility index (Phi) is 6.58. The molecule has 0 fully saturated rings. The zero-order valence-electron chi connectivity index (χ0n) is 21.0. The van der Waals surface area contributed by atoms with Crippen molar-refractivity contribution in [1.82, 2.24) is 20.1 Å². The molecule has 2 unspecified atom stereocenters. The average molecular weight is 536 g/mol. The minimum absolute atomic E-state index is 0.139. The highest BCUT2D eigenvalue weighted by atomic mass is 31.0. The van der Waals surface area contributed by atoms with Crippen LogP contribution >= 0.6 is 9.24 Å². The van der Waals surface area contributed by atoms with Crippen LogP contribution in [0.4, 0.5) is 10.2 Å². The lowest BCUT2D eigenvalue weighted by Gasteiger charge is -2.41. The summed E-state index contributed by atoms with van der Waals surface area (Å²) in [6, 6.07) is 8.89. The van der Waals surface area contributed by atoms with Crippen molar-refractivity contribution in [3.05, 3.63) is 58.9 Å². The molecular formula is C27H27FN5O4P. The predicted molar refractivity (Wildman–Crippen MR) is 142 cm³/mol. The number of halogens is 1. The molecule has 2 N–H and O–H groups in total. The van der Waals surface area contributed by atoms with Gasteiger partial charge in [0.1, 0.15) is 23.7 Å². The van der Waals surface area contributed by atoms with Crippen LogP contribution in [-0.2, 0) is 16.8 Å². The number of alkyl halides is 1. The molecule has 3 aromatic rings. The lowest BCUT2D eigenvalue weighted by Crippen LogP contribution is -2.53. The summed E-state index contributed by atoms with van der Waals surface area (Å²) in [5.41, 5.74) is 1.71. The number of nitrogens with one attached hydrogen (secondary N) is 2. The molecule has 2 aromatic heterocycles. The summed E-state index contributed by atoms with van der Waals surface area (Å²) in [4.78, 5) is 30.5. The molecule has 196 valence electrons. The fourth-order valence-corrected chi connectivity index (χ4v) is 4.77. The highest BCUT2D eigenvalue weighted by Gasteiger charge is 2.46. The van der Waals surface area contributed by atoms with Crippen LogP contribution in [0.3, 0.4) is 0 Å². The van der Waals surface area contributed by atoms with E-state index in [2.05, 4.69) is 30.8 Å². The van der Waals surface area contributed by atoms with Crippen LogP contribution in [0, 0.1) is 19.3 Å². The smallest absolute Gasteiger partial charge is 0.257 e. The van der Waals surface area contributed by atoms with Gasteiger partial charge in [0.15, 0.2) is 17.0 Å². The number of aryl methyl sites for hydroxylation is 1. The monoisotopic (exact) mass is 535 g/mol. The summed E-state index contributed by atoms with van der Waals surface area (Å²) in [7, 11) is 2.10. The van der Waals surface area contributed by atoms with Gasteiger partial charge in [0.25, 0.3) is 5.91 Å². The van der Waals surface area contributed by atoms with Crippen molar-refractivity contribution in [3.8, 4) is 29.7 Å². The topological polar surface area (TPSA) is 107 Å². The first kappa shape index (κ1) is 25.7. The van der Waals surface area contributed by atoms with E-state index in [-0.39, 0.29) is 30.3 Å². The fourth-order valence-electron chi connectivity index (χ4n) is 4.69. The van der Waals surface area contributed by atoms with Crippen LogP contribution in [0.25, 0.3) is 5.82 Å². The van der Waals surface area contributed by atoms with E-state index in [1.54, 1.807) is 24.4 Å². The van der Waals surface area contributed by atoms with E-state index in [1.807, 2.05) is 19.1 Å². The molecule has 11 heteroatoms. The van der Waals surface area contributed by atoms with Gasteiger partial charge in [-0.15, -0.1) is 6.42 Å². The first-order valence-electron chi connectivity index (χ1n) is 12.1. The van der Waals surface area contributed by atoms with E-state index in [0.717, 1.165) is 11.1 Å². The Morgan fingerprint density at radius 2 is 2.24 bits per heavy atom. The summed E-state index contributed by atoms with van der Waals surface area (Å²) in [6.45, 7) is 3.53. The molecule has 5 rings (SSSR count). The molecule has 0 saturated carbocycles. The molecule has 9 nitrogen and oxygen atoms in total. The third-order valence-corrected chi connectivity index (χ3v) is 6.58. The van der Waals surface area contributed by atoms with Gasteiger partial charge in [0.05, 0.1) is 24.3 Å². The molecule has 1 spiro atoms. The summed E-state index contributed by atoms with van der Waals surface area (Å²) in [6.07, 6.45) is 7.71. The second-order valence-corrected chi connectivity index (χ2v) is 10.9. The van der Waals surface area contributed by atoms with Gasteiger partial charge in [-0.1, -0.05) is 21.2 Å². The number of benzene rings is 1. The van der Waals surface area contributed by atoms with E-state index in [9.17, 15) is 14.0 Å². The van der Waals surface area contributed by atoms with Crippen molar-refractivity contribution in [3.63, 3.8) is 0 Å². The Bertz CT molecular complexity index is 1460. The van der Waals surface area contributed by atoms with Gasteiger partial charge in [-0.3, -0.25) is 9.59 Å². The zero-order valence-corrected chi connectivity index (χ0v) is 22.2. The number of hydrogen-bond acceptors (Lipinski definition) is 6. The van der Waals surface area contributed by atoms with E-state index >= 15 is 0 Å². The highest BCUT2D eigenvalue weighted by Crippen LogP contribution is 2.44. The number of carbonyl (C=O) groups excluding carboxylic acids is 2. The van der Waals surface area contributed by atoms with Crippen molar-refractivity contribution in [1.29, 1.82) is 0 Å². The predicted octanol–water partition coefficient (Wildman–Crippen LogP) is 3.44. The maximum atomic E-state index is 13.9. The second kappa shape index (κ2) is 9.73. The van der Waals surface area contributed by atoms with E-state index in [0.29, 0.717) is 42.5 Å². The Labute approximate surface area is 221 Å². The van der Waals surface area contributed by atoms with Gasteiger partial charge in [0, 0.05) is 30.7 Å². The van der Waals surface area contributed by atoms with Gasteiger partial charge in [0.2, 0.25) is 5.91 Å². The molecule has 3 atom stereocenters. The van der Waals surface area contributed by atoms with Crippen LogP contribution < -0.4 is 20.1 Å². The normalized spacial score (nSPS) is 19.3. The van der Waals surface area contributed by atoms with Crippen molar-refractivity contribution in [2.45, 2.75) is 44.1 Å². The molecule has 38 heavy (non-hydrogen) atoms. The van der Waals surface area contributed by atoms with E-state index < -0.39 is 16.9 Å². The maximum Gasteiger partial charge on any atom is 0.257 e. The van der Waals surface area contributed by atoms with Gasteiger partial charge in [-0.2, -0.15) is 9.78 Å². The van der Waals surface area contributed by atoms with Crippen LogP contribution in [0.1, 0.15) is 46.9 Å². The van der Waals surface area contributed by atoms with Crippen molar-refractivity contribution >= 4 is 26.9 Å². The van der Waals surface area contributed by atoms with Gasteiger partial charge < -0.3 is 20.1 Å². The maximum absolute atomic E-state index is 13.9. The first-order chi connectivity index (χ1) is 18.1. The minimum Gasteiger partial charge on any atom is -0.493 e. The number of terminal acetylenes is 1. The molecule has 0 bridgehead atoms. The number of fused-ring (bicyclic) bond motifs is 3. The van der Waals surface area contributed by atoms with Crippen LogP contribution in [0.5, 0.6) is 11.5 Å². The second-order valence-electron chi connectivity index (χ2n) is 9.74. The quantitative estimate of drug-likeness (QED) is 0.370. The SMILES string of the molecule is C#CCC(=O)Nc1c2c(nn1-c1ccc(C)cn1)C[C@]1(CCOc3cc(OCC(C)(F)P)ccc31)NC2=O. The minimum atomic E-state index is -1.57. The van der Waals surface area contributed by atoms with Crippen molar-refractivity contribution in [2.75, 3.05) is 18.5 Å². The number of ether oxygens (including phenoxy) is 2. The highest BCUT2D eigenvalue weighted by molar-refractivity contribution is 7.18. The van der Waals surface area contributed by atoms with Gasteiger partial charge >= 0.3 is 0 Å². The number of pyridine rings is 1. The van der Waals surface area contributed by atoms with E-state index in [4.69, 9.17) is 21.0 Å². The van der Waals surface area contributed by atoms with Gasteiger partial charge in [-0.05, 0) is 37.6 Å². The Morgan fingerprint density at radius 3 is 2.95 bits per heavy atom. The molecule has 1 aromatic carbocycles. The summed E-state index contributed by atoms with van der Waals surface area (Å²) in [5.74, 6) is 3.17. The Balaban J connectivity index is 1.54. The standard InChI is InChI=1S/C27H27FN5O4P/c1-4-5-22(34)30-24-23-19(32-33(24)21-9-6-16(2)14-29-21)13-27(31-25(23)35)10-11-36-20-12-17(7-8-18(20)27)37-15-26(3,28)38/h1,6-9,12,14H,5,10-11,13,15,38H2,2-3H3,(H,30,34)(H,31,35)/t26?,27-/m0/s1. The lowest BCUT2D eigenvalue weighted by atomic mass is 9.77. The molecular weight excluding hydrogens is 508 g/mol. The zero-order chi connectivity index (χ0) is 27.1. The Hall–Kier alpha value is -3.96. The molecule has 0 radical (unpaired) electrons. The average Bonchev–Trinajstić information content (AvgIpc) is 3.21. The number of aromatic nitrogens is 3. The van der Waals surface area contributed by atoms with E-state index in [1.165, 1.54) is 11.6 Å². The summed E-state index contributed by atoms with van der Waals surface area (Å²) in [5, 5.41) is 9.07. The number of hydrogen-bond donors (Lipinski definition) is 2. The summed E-state index contributed by atoms with van der Waals surface area (Å²) >= 11 is 0. The first-order valence-corrected chi connectivity index (χ1v) is 12.6. The molecule has 0 saturated heterocycles. The largest absolute Gasteiger partial charge is 0.493 e. The number of nitrogens with zero attached hydrogens (tertiary/aromatic N) is 3. The van der Waals surface area contributed by atoms with Gasteiger partial charge in [-0.25, -0.2) is 9.37 Å². The Morgan fingerprint density at radius 1 is 1.42 bits per heavy atom. The number of amides is 2.